The predicted molar refractivity (Wildman–Crippen MR) is 148 cm³/mol. The van der Waals surface area contributed by atoms with Crippen LogP contribution in [0, 0.1) is 18.3 Å². The summed E-state index contributed by atoms with van der Waals surface area (Å²) >= 11 is 6.84. The Morgan fingerprint density at radius 3 is 2.47 bits per heavy atom. The SMILES string of the molecule is CCn1c(N2CCCCC2)c(C=C2SC(=S)N(CCc3ccc(OC)cc3)C2=O)c(C)c(C#N)c1=O. The van der Waals surface area contributed by atoms with Crippen molar-refractivity contribution in [3.8, 4) is 11.8 Å². The van der Waals surface area contributed by atoms with Crippen LogP contribution in [-0.4, -0.2) is 46.4 Å². The average molecular weight is 523 g/mol. The normalized spacial score (nSPS) is 17.1. The maximum absolute atomic E-state index is 13.4. The van der Waals surface area contributed by atoms with Crippen molar-refractivity contribution in [1.82, 2.24) is 9.47 Å². The molecule has 4 rings (SSSR count). The third kappa shape index (κ3) is 5.06. The Morgan fingerprint density at radius 2 is 1.86 bits per heavy atom. The Balaban J connectivity index is 1.69. The topological polar surface area (TPSA) is 78.6 Å². The summed E-state index contributed by atoms with van der Waals surface area (Å²) in [6, 6.07) is 9.86. The second-order valence-corrected chi connectivity index (χ2v) is 10.6. The molecule has 0 unspecified atom stereocenters. The van der Waals surface area contributed by atoms with Gasteiger partial charge in [0, 0.05) is 31.7 Å². The molecule has 2 fully saturated rings. The minimum Gasteiger partial charge on any atom is -0.497 e. The van der Waals surface area contributed by atoms with E-state index in [1.807, 2.05) is 37.3 Å². The van der Waals surface area contributed by atoms with Gasteiger partial charge < -0.3 is 9.64 Å². The number of rotatable bonds is 7. The fraction of sp³-hybridized carbons (Fsp3) is 0.407. The molecule has 1 aromatic carbocycles. The Hall–Kier alpha value is -3.09. The summed E-state index contributed by atoms with van der Waals surface area (Å²) in [6.45, 7) is 6.31. The molecule has 188 valence electrons. The Bertz CT molecular complexity index is 1300. The van der Waals surface area contributed by atoms with E-state index >= 15 is 0 Å². The van der Waals surface area contributed by atoms with Gasteiger partial charge >= 0.3 is 0 Å². The van der Waals surface area contributed by atoms with Crippen molar-refractivity contribution in [2.75, 3.05) is 31.6 Å². The number of ether oxygens (including phenoxy) is 1. The summed E-state index contributed by atoms with van der Waals surface area (Å²) in [5.41, 5.74) is 2.30. The second-order valence-electron chi connectivity index (χ2n) is 8.88. The molecule has 0 saturated carbocycles. The zero-order chi connectivity index (χ0) is 25.8. The van der Waals surface area contributed by atoms with Crippen LogP contribution in [0.4, 0.5) is 5.82 Å². The minimum absolute atomic E-state index is 0.124. The largest absolute Gasteiger partial charge is 0.497 e. The van der Waals surface area contributed by atoms with E-state index < -0.39 is 0 Å². The average Bonchev–Trinajstić information content (AvgIpc) is 3.17. The van der Waals surface area contributed by atoms with Gasteiger partial charge in [0.15, 0.2) is 0 Å². The first-order valence-corrected chi connectivity index (χ1v) is 13.4. The van der Waals surface area contributed by atoms with Gasteiger partial charge in [-0.3, -0.25) is 19.1 Å². The van der Waals surface area contributed by atoms with E-state index in [4.69, 9.17) is 17.0 Å². The third-order valence-corrected chi connectivity index (χ3v) is 8.13. The number of aromatic nitrogens is 1. The second kappa shape index (κ2) is 11.3. The number of piperidine rings is 1. The first-order chi connectivity index (χ1) is 17.4. The van der Waals surface area contributed by atoms with Gasteiger partial charge in [-0.2, -0.15) is 5.26 Å². The van der Waals surface area contributed by atoms with Crippen LogP contribution in [0.1, 0.15) is 48.4 Å². The van der Waals surface area contributed by atoms with Crippen LogP contribution in [0.15, 0.2) is 34.0 Å². The molecule has 36 heavy (non-hydrogen) atoms. The van der Waals surface area contributed by atoms with Crippen LogP contribution in [0.2, 0.25) is 0 Å². The predicted octanol–water partition coefficient (Wildman–Crippen LogP) is 4.49. The lowest BCUT2D eigenvalue weighted by atomic mass is 10.0. The van der Waals surface area contributed by atoms with E-state index in [0.717, 1.165) is 55.0 Å². The lowest BCUT2D eigenvalue weighted by Crippen LogP contribution is -2.37. The molecular formula is C27H30N4O3S2. The molecule has 9 heteroatoms. The van der Waals surface area contributed by atoms with Crippen molar-refractivity contribution in [2.24, 2.45) is 0 Å². The highest BCUT2D eigenvalue weighted by molar-refractivity contribution is 8.26. The molecule has 1 aromatic heterocycles. The molecule has 2 saturated heterocycles. The molecular weight excluding hydrogens is 492 g/mol. The van der Waals surface area contributed by atoms with Gasteiger partial charge in [0.25, 0.3) is 11.5 Å². The molecule has 2 aliphatic heterocycles. The van der Waals surface area contributed by atoms with Crippen LogP contribution in [0.5, 0.6) is 5.75 Å². The summed E-state index contributed by atoms with van der Waals surface area (Å²) in [5.74, 6) is 1.44. The Labute approximate surface area is 221 Å². The molecule has 1 amide bonds. The van der Waals surface area contributed by atoms with Gasteiger partial charge in [-0.15, -0.1) is 0 Å². The number of anilines is 1. The van der Waals surface area contributed by atoms with Crippen molar-refractivity contribution in [3.63, 3.8) is 0 Å². The number of pyridine rings is 1. The monoisotopic (exact) mass is 522 g/mol. The standard InChI is InChI=1S/C27H30N4O3S2/c1-4-30-24(29-13-6-5-7-14-29)21(18(2)22(17-28)25(30)32)16-23-26(33)31(27(35)36-23)15-12-19-8-10-20(34-3)11-9-19/h8-11,16H,4-7,12-15H2,1-3H3. The van der Waals surface area contributed by atoms with Crippen molar-refractivity contribution in [2.45, 2.75) is 46.1 Å². The lowest BCUT2D eigenvalue weighted by Gasteiger charge is -2.33. The number of methoxy groups -OCH3 is 1. The summed E-state index contributed by atoms with van der Waals surface area (Å²) in [4.78, 5) is 30.9. The van der Waals surface area contributed by atoms with E-state index in [0.29, 0.717) is 34.3 Å². The van der Waals surface area contributed by atoms with Gasteiger partial charge in [0.1, 0.15) is 27.5 Å². The van der Waals surface area contributed by atoms with E-state index in [1.54, 1.807) is 23.5 Å². The van der Waals surface area contributed by atoms with Crippen molar-refractivity contribution in [1.29, 1.82) is 5.26 Å². The first-order valence-electron chi connectivity index (χ1n) is 12.2. The number of nitrogens with zero attached hydrogens (tertiary/aromatic N) is 4. The molecule has 0 radical (unpaired) electrons. The van der Waals surface area contributed by atoms with Crippen LogP contribution in [-0.2, 0) is 17.8 Å². The van der Waals surface area contributed by atoms with Crippen LogP contribution >= 0.6 is 24.0 Å². The summed E-state index contributed by atoms with van der Waals surface area (Å²) < 4.78 is 7.40. The third-order valence-electron chi connectivity index (χ3n) is 6.75. The summed E-state index contributed by atoms with van der Waals surface area (Å²) in [6.07, 6.45) is 5.75. The zero-order valence-electron chi connectivity index (χ0n) is 20.9. The number of hydrogen-bond acceptors (Lipinski definition) is 7. The maximum Gasteiger partial charge on any atom is 0.270 e. The molecule has 7 nitrogen and oxygen atoms in total. The number of thiocarbonyl (C=S) groups is 1. The lowest BCUT2D eigenvalue weighted by molar-refractivity contribution is -0.122. The number of carbonyl (C=O) groups excluding carboxylic acids is 1. The smallest absolute Gasteiger partial charge is 0.270 e. The van der Waals surface area contributed by atoms with Gasteiger partial charge in [0.05, 0.1) is 12.0 Å². The molecule has 0 atom stereocenters. The molecule has 2 aliphatic rings. The van der Waals surface area contributed by atoms with Crippen molar-refractivity contribution in [3.05, 3.63) is 61.8 Å². The zero-order valence-corrected chi connectivity index (χ0v) is 22.5. The number of carbonyl (C=O) groups is 1. The summed E-state index contributed by atoms with van der Waals surface area (Å²) in [5, 5.41) is 9.75. The number of nitriles is 1. The Morgan fingerprint density at radius 1 is 1.17 bits per heavy atom. The van der Waals surface area contributed by atoms with Crippen molar-refractivity contribution >= 4 is 46.1 Å². The van der Waals surface area contributed by atoms with Crippen LogP contribution < -0.4 is 15.2 Å². The van der Waals surface area contributed by atoms with Crippen LogP contribution in [0.3, 0.4) is 0 Å². The fourth-order valence-electron chi connectivity index (χ4n) is 4.74. The van der Waals surface area contributed by atoms with E-state index in [2.05, 4.69) is 11.0 Å². The van der Waals surface area contributed by atoms with Gasteiger partial charge in [-0.05, 0) is 68.9 Å². The van der Waals surface area contributed by atoms with E-state index in [-0.39, 0.29) is 17.0 Å². The van der Waals surface area contributed by atoms with E-state index in [9.17, 15) is 14.9 Å². The van der Waals surface area contributed by atoms with Crippen LogP contribution in [0.25, 0.3) is 6.08 Å². The molecule has 0 N–H and O–H groups in total. The number of amides is 1. The fourth-order valence-corrected chi connectivity index (χ4v) is 6.03. The number of benzene rings is 1. The van der Waals surface area contributed by atoms with Gasteiger partial charge in [-0.1, -0.05) is 36.1 Å². The van der Waals surface area contributed by atoms with Gasteiger partial charge in [-0.25, -0.2) is 0 Å². The number of thioether (sulfide) groups is 1. The quantitative estimate of drug-likeness (QED) is 0.392. The molecule has 0 aliphatic carbocycles. The first kappa shape index (κ1) is 26.0. The molecule has 0 bridgehead atoms. The Kier molecular flexibility index (Phi) is 8.17. The summed E-state index contributed by atoms with van der Waals surface area (Å²) in [7, 11) is 1.63. The molecule has 2 aromatic rings. The minimum atomic E-state index is -0.276. The highest BCUT2D eigenvalue weighted by Gasteiger charge is 2.33. The maximum atomic E-state index is 13.4. The highest BCUT2D eigenvalue weighted by atomic mass is 32.2. The number of hydrogen-bond donors (Lipinski definition) is 0. The van der Waals surface area contributed by atoms with Crippen molar-refractivity contribution < 1.29 is 9.53 Å². The highest BCUT2D eigenvalue weighted by Crippen LogP contribution is 2.36. The molecule has 0 spiro atoms. The van der Waals surface area contributed by atoms with Gasteiger partial charge in [0.2, 0.25) is 0 Å². The molecule has 3 heterocycles. The van der Waals surface area contributed by atoms with E-state index in [1.165, 1.54) is 11.8 Å².